The monoisotopic (exact) mass is 424 g/mol. The molecule has 4 saturated carbocycles. The minimum Gasteiger partial charge on any atom is -0.382 e. The number of nitriles is 1. The molecule has 32 heavy (non-hydrogen) atoms. The van der Waals surface area contributed by atoms with Crippen molar-refractivity contribution in [3.05, 3.63) is 35.7 Å². The normalized spacial score (nSPS) is 39.9. The van der Waals surface area contributed by atoms with E-state index in [-0.39, 0.29) is 18.9 Å². The Morgan fingerprint density at radius 3 is 2.59 bits per heavy atom. The summed E-state index contributed by atoms with van der Waals surface area (Å²) >= 11 is 0. The SMILES string of the molecule is C[C@H]1CC[C@H]2[C-](CC[C@@H]3C2CC[C@@]2(C)C3CCC[C@@H]2[C@@H](C)Nc2ccc(C#N)cc2)C1.[Li+]. The predicted molar refractivity (Wildman–Crippen MR) is 128 cm³/mol. The quantitative estimate of drug-likeness (QED) is 0.568. The molecule has 168 valence electrons. The van der Waals surface area contributed by atoms with Gasteiger partial charge in [0.1, 0.15) is 0 Å². The minimum atomic E-state index is 0. The molecule has 5 rings (SSSR count). The maximum atomic E-state index is 9.09. The van der Waals surface area contributed by atoms with Crippen LogP contribution in [0.1, 0.15) is 90.5 Å². The van der Waals surface area contributed by atoms with Crippen LogP contribution < -0.4 is 24.2 Å². The first-order chi connectivity index (χ1) is 15.0. The third-order valence-corrected chi connectivity index (χ3v) is 10.2. The van der Waals surface area contributed by atoms with Crippen molar-refractivity contribution in [2.75, 3.05) is 5.32 Å². The van der Waals surface area contributed by atoms with Gasteiger partial charge < -0.3 is 11.2 Å². The Labute approximate surface area is 208 Å². The van der Waals surface area contributed by atoms with E-state index < -0.39 is 0 Å². The summed E-state index contributed by atoms with van der Waals surface area (Å²) in [5.41, 5.74) is 2.39. The van der Waals surface area contributed by atoms with E-state index in [9.17, 15) is 0 Å². The van der Waals surface area contributed by atoms with E-state index in [1.165, 1.54) is 69.9 Å². The van der Waals surface area contributed by atoms with E-state index in [4.69, 9.17) is 5.26 Å². The van der Waals surface area contributed by atoms with Gasteiger partial charge in [-0.1, -0.05) is 57.8 Å². The van der Waals surface area contributed by atoms with Crippen molar-refractivity contribution in [1.82, 2.24) is 0 Å². The summed E-state index contributed by atoms with van der Waals surface area (Å²) in [6.07, 6.45) is 14.5. The number of nitrogens with zero attached hydrogens (tertiary/aromatic N) is 1. The van der Waals surface area contributed by atoms with Gasteiger partial charge in [0, 0.05) is 11.7 Å². The molecule has 0 bridgehead atoms. The molecule has 4 fully saturated rings. The first kappa shape index (κ1) is 24.2. The maximum Gasteiger partial charge on any atom is 1.00 e. The summed E-state index contributed by atoms with van der Waals surface area (Å²) in [5, 5.41) is 12.9. The Bertz CT molecular complexity index is 813. The van der Waals surface area contributed by atoms with E-state index in [0.29, 0.717) is 11.5 Å². The molecule has 4 aliphatic rings. The Hall–Kier alpha value is -0.893. The standard InChI is InChI=1S/C29H41N2.Li/c1-19-7-13-24-22(17-19)10-14-26-25(24)15-16-29(3)27(5-4-6-28(26)29)20(2)31-23-11-8-21(18-30)9-12-23;/h8-9,11-12,19-20,24-28,31H,4-7,10,13-17H2,1-3H3;/q-1;+1/t19-,20+,24-,25?,26+,27+,28?,29+;/m0./s1. The number of hydrogen-bond donors (Lipinski definition) is 1. The van der Waals surface area contributed by atoms with Crippen LogP contribution in [0.3, 0.4) is 0 Å². The minimum absolute atomic E-state index is 0. The molecule has 8 atom stereocenters. The number of hydrogen-bond acceptors (Lipinski definition) is 2. The summed E-state index contributed by atoms with van der Waals surface area (Å²) < 4.78 is 0. The van der Waals surface area contributed by atoms with Crippen molar-refractivity contribution in [2.45, 2.75) is 91.0 Å². The van der Waals surface area contributed by atoms with Gasteiger partial charge in [-0.25, -0.2) is 0 Å². The topological polar surface area (TPSA) is 35.8 Å². The first-order valence-corrected chi connectivity index (χ1v) is 13.1. The zero-order valence-electron chi connectivity index (χ0n) is 20.9. The summed E-state index contributed by atoms with van der Waals surface area (Å²) in [4.78, 5) is 0. The summed E-state index contributed by atoms with van der Waals surface area (Å²) in [6.45, 7) is 7.55. The van der Waals surface area contributed by atoms with Crippen LogP contribution in [0.15, 0.2) is 24.3 Å². The van der Waals surface area contributed by atoms with Crippen molar-refractivity contribution >= 4 is 5.69 Å². The molecule has 0 spiro atoms. The molecule has 0 saturated heterocycles. The summed E-state index contributed by atoms with van der Waals surface area (Å²) in [7, 11) is 0. The largest absolute Gasteiger partial charge is 1.00 e. The van der Waals surface area contributed by atoms with Gasteiger partial charge in [0.25, 0.3) is 0 Å². The van der Waals surface area contributed by atoms with Crippen LogP contribution >= 0.6 is 0 Å². The van der Waals surface area contributed by atoms with Crippen LogP contribution in [0.25, 0.3) is 0 Å². The van der Waals surface area contributed by atoms with E-state index in [0.717, 1.165) is 41.1 Å². The van der Waals surface area contributed by atoms with Crippen LogP contribution in [0.4, 0.5) is 5.69 Å². The van der Waals surface area contributed by atoms with Crippen LogP contribution in [-0.4, -0.2) is 6.04 Å². The molecule has 2 unspecified atom stereocenters. The fraction of sp³-hybridized carbons (Fsp3) is 0.724. The van der Waals surface area contributed by atoms with E-state index in [1.54, 1.807) is 0 Å². The van der Waals surface area contributed by atoms with Crippen molar-refractivity contribution in [3.63, 3.8) is 0 Å². The second-order valence-corrected chi connectivity index (χ2v) is 11.8. The second kappa shape index (κ2) is 9.77. The average Bonchev–Trinajstić information content (AvgIpc) is 2.78. The predicted octanol–water partition coefficient (Wildman–Crippen LogP) is 4.62. The smallest absolute Gasteiger partial charge is 0.382 e. The number of nitrogens with one attached hydrogen (secondary N) is 1. The molecule has 1 aromatic rings. The van der Waals surface area contributed by atoms with Gasteiger partial charge in [-0.3, -0.25) is 0 Å². The molecule has 0 aromatic heterocycles. The number of fused-ring (bicyclic) bond motifs is 5. The van der Waals surface area contributed by atoms with Crippen LogP contribution in [-0.2, 0) is 0 Å². The Morgan fingerprint density at radius 2 is 1.84 bits per heavy atom. The molecule has 0 heterocycles. The molecule has 1 N–H and O–H groups in total. The molecule has 0 aliphatic heterocycles. The first-order valence-electron chi connectivity index (χ1n) is 13.1. The molecule has 0 amide bonds. The van der Waals surface area contributed by atoms with E-state index in [1.807, 2.05) is 18.1 Å². The van der Waals surface area contributed by atoms with Gasteiger partial charge in [0.05, 0.1) is 11.6 Å². The van der Waals surface area contributed by atoms with Crippen molar-refractivity contribution in [1.29, 1.82) is 5.26 Å². The molecule has 3 heteroatoms. The second-order valence-electron chi connectivity index (χ2n) is 11.8. The van der Waals surface area contributed by atoms with Crippen molar-refractivity contribution in [3.8, 4) is 6.07 Å². The molecule has 0 radical (unpaired) electrons. The third-order valence-electron chi connectivity index (χ3n) is 10.2. The van der Waals surface area contributed by atoms with E-state index in [2.05, 4.69) is 44.3 Å². The van der Waals surface area contributed by atoms with Gasteiger partial charge in [-0.15, -0.1) is 0 Å². The molecule has 2 nitrogen and oxygen atoms in total. The van der Waals surface area contributed by atoms with Gasteiger partial charge in [0.15, 0.2) is 0 Å². The zero-order valence-corrected chi connectivity index (χ0v) is 20.9. The Morgan fingerprint density at radius 1 is 1.06 bits per heavy atom. The Balaban J connectivity index is 0.00000245. The Kier molecular flexibility index (Phi) is 7.40. The molecular weight excluding hydrogens is 383 g/mol. The maximum absolute atomic E-state index is 9.09. The fourth-order valence-electron chi connectivity index (χ4n) is 8.82. The van der Waals surface area contributed by atoms with Crippen molar-refractivity contribution in [2.24, 2.45) is 40.9 Å². The van der Waals surface area contributed by atoms with Gasteiger partial charge in [-0.05, 0) is 73.6 Å². The zero-order chi connectivity index (χ0) is 21.6. The molecule has 4 aliphatic carbocycles. The van der Waals surface area contributed by atoms with Gasteiger partial charge in [-0.2, -0.15) is 24.0 Å². The van der Waals surface area contributed by atoms with Gasteiger partial charge in [0.2, 0.25) is 0 Å². The fourth-order valence-corrected chi connectivity index (χ4v) is 8.82. The van der Waals surface area contributed by atoms with Crippen LogP contribution in [0, 0.1) is 58.2 Å². The number of rotatable bonds is 3. The number of anilines is 1. The average molecular weight is 425 g/mol. The summed E-state index contributed by atoms with van der Waals surface area (Å²) in [6, 6.07) is 10.8. The molecule has 1 aromatic carbocycles. The van der Waals surface area contributed by atoms with E-state index >= 15 is 0 Å². The van der Waals surface area contributed by atoms with Crippen LogP contribution in [0.2, 0.25) is 0 Å². The van der Waals surface area contributed by atoms with Crippen LogP contribution in [0.5, 0.6) is 0 Å². The summed E-state index contributed by atoms with van der Waals surface area (Å²) in [5.74, 6) is 7.52. The van der Waals surface area contributed by atoms with Gasteiger partial charge >= 0.3 is 18.9 Å². The van der Waals surface area contributed by atoms with Crippen molar-refractivity contribution < 1.29 is 18.9 Å². The number of benzene rings is 1. The third kappa shape index (κ3) is 4.30. The molecular formula is C29H41LiN2.